The quantitative estimate of drug-likeness (QED) is 0.867. The van der Waals surface area contributed by atoms with Crippen LogP contribution in [0.3, 0.4) is 0 Å². The van der Waals surface area contributed by atoms with Gasteiger partial charge < -0.3 is 10.1 Å². The molecule has 2 rings (SSSR count). The van der Waals surface area contributed by atoms with Crippen LogP contribution in [0.25, 0.3) is 0 Å². The Morgan fingerprint density at radius 3 is 2.24 bits per heavy atom. The lowest BCUT2D eigenvalue weighted by Crippen LogP contribution is -2.13. The summed E-state index contributed by atoms with van der Waals surface area (Å²) in [4.78, 5) is 23.6. The second-order valence-electron chi connectivity index (χ2n) is 4.15. The maximum Gasteiger partial charge on any atom is 0.337 e. The van der Waals surface area contributed by atoms with Crippen molar-refractivity contribution in [3.05, 3.63) is 63.6 Å². The molecule has 2 aromatic rings. The van der Waals surface area contributed by atoms with Crippen molar-refractivity contribution in [1.29, 1.82) is 0 Å². The number of esters is 1. The van der Waals surface area contributed by atoms with Crippen LogP contribution in [0.15, 0.2) is 42.5 Å². The SMILES string of the molecule is COC(=O)c1ccc(Cl)c(NC(=O)c2ccc(Cl)cc2)c1. The fourth-order valence-corrected chi connectivity index (χ4v) is 1.95. The van der Waals surface area contributed by atoms with Crippen LogP contribution in [0.1, 0.15) is 20.7 Å². The fourth-order valence-electron chi connectivity index (χ4n) is 1.66. The third kappa shape index (κ3) is 3.74. The smallest absolute Gasteiger partial charge is 0.337 e. The molecule has 108 valence electrons. The third-order valence-corrected chi connectivity index (χ3v) is 3.32. The number of benzene rings is 2. The van der Waals surface area contributed by atoms with E-state index in [1.165, 1.54) is 25.3 Å². The molecule has 0 fully saturated rings. The van der Waals surface area contributed by atoms with Gasteiger partial charge in [0.05, 0.1) is 23.4 Å². The standard InChI is InChI=1S/C15H11Cl2NO3/c1-21-15(20)10-4-7-12(17)13(8-10)18-14(19)9-2-5-11(16)6-3-9/h2-8H,1H3,(H,18,19). The van der Waals surface area contributed by atoms with Crippen LogP contribution < -0.4 is 5.32 Å². The monoisotopic (exact) mass is 323 g/mol. The summed E-state index contributed by atoms with van der Waals surface area (Å²) in [6.07, 6.45) is 0. The van der Waals surface area contributed by atoms with E-state index in [2.05, 4.69) is 10.1 Å². The Labute approximate surface area is 131 Å². The lowest BCUT2D eigenvalue weighted by Gasteiger charge is -2.09. The van der Waals surface area contributed by atoms with Crippen LogP contribution in [-0.4, -0.2) is 19.0 Å². The minimum absolute atomic E-state index is 0.299. The van der Waals surface area contributed by atoms with Crippen LogP contribution in [0.2, 0.25) is 10.0 Å². The van der Waals surface area contributed by atoms with Gasteiger partial charge in [0.2, 0.25) is 0 Å². The number of methoxy groups -OCH3 is 1. The molecule has 0 unspecified atom stereocenters. The molecule has 0 saturated carbocycles. The lowest BCUT2D eigenvalue weighted by atomic mass is 10.1. The number of hydrogen-bond acceptors (Lipinski definition) is 3. The molecule has 0 aromatic heterocycles. The summed E-state index contributed by atoms with van der Waals surface area (Å²) in [5.41, 5.74) is 1.06. The molecule has 1 N–H and O–H groups in total. The average molecular weight is 324 g/mol. The van der Waals surface area contributed by atoms with Crippen molar-refractivity contribution in [1.82, 2.24) is 0 Å². The Balaban J connectivity index is 2.24. The summed E-state index contributed by atoms with van der Waals surface area (Å²) in [5.74, 6) is -0.857. The summed E-state index contributed by atoms with van der Waals surface area (Å²) in [6, 6.07) is 10.9. The largest absolute Gasteiger partial charge is 0.465 e. The number of halogens is 2. The van der Waals surface area contributed by atoms with Gasteiger partial charge in [-0.25, -0.2) is 4.79 Å². The van der Waals surface area contributed by atoms with Gasteiger partial charge in [-0.05, 0) is 42.5 Å². The number of carbonyl (C=O) groups excluding carboxylic acids is 2. The van der Waals surface area contributed by atoms with Crippen molar-refractivity contribution in [3.63, 3.8) is 0 Å². The maximum atomic E-state index is 12.1. The van der Waals surface area contributed by atoms with Gasteiger partial charge >= 0.3 is 5.97 Å². The summed E-state index contributed by atoms with van der Waals surface area (Å²) in [5, 5.41) is 3.51. The minimum Gasteiger partial charge on any atom is -0.465 e. The summed E-state index contributed by atoms with van der Waals surface area (Å²) in [7, 11) is 1.28. The van der Waals surface area contributed by atoms with E-state index in [9.17, 15) is 9.59 Å². The van der Waals surface area contributed by atoms with Crippen molar-refractivity contribution in [2.45, 2.75) is 0 Å². The lowest BCUT2D eigenvalue weighted by molar-refractivity contribution is 0.0600. The van der Waals surface area contributed by atoms with Crippen molar-refractivity contribution < 1.29 is 14.3 Å². The third-order valence-electron chi connectivity index (χ3n) is 2.74. The zero-order valence-corrected chi connectivity index (χ0v) is 12.5. The van der Waals surface area contributed by atoms with E-state index < -0.39 is 5.97 Å². The molecule has 4 nitrogen and oxygen atoms in total. The zero-order valence-electron chi connectivity index (χ0n) is 11.0. The number of carbonyl (C=O) groups is 2. The van der Waals surface area contributed by atoms with Crippen LogP contribution in [0.5, 0.6) is 0 Å². The Hall–Kier alpha value is -2.04. The van der Waals surface area contributed by atoms with E-state index in [1.54, 1.807) is 24.3 Å². The Morgan fingerprint density at radius 1 is 1.00 bits per heavy atom. The van der Waals surface area contributed by atoms with E-state index in [0.717, 1.165) is 0 Å². The van der Waals surface area contributed by atoms with Crippen molar-refractivity contribution >= 4 is 40.8 Å². The molecule has 0 atom stereocenters. The molecule has 1 amide bonds. The second kappa shape index (κ2) is 6.61. The minimum atomic E-state index is -0.506. The van der Waals surface area contributed by atoms with E-state index in [-0.39, 0.29) is 5.91 Å². The molecule has 0 radical (unpaired) electrons. The highest BCUT2D eigenvalue weighted by Gasteiger charge is 2.12. The molecule has 6 heteroatoms. The van der Waals surface area contributed by atoms with Crippen molar-refractivity contribution in [2.75, 3.05) is 12.4 Å². The van der Waals surface area contributed by atoms with E-state index in [0.29, 0.717) is 26.9 Å². The van der Waals surface area contributed by atoms with E-state index in [4.69, 9.17) is 23.2 Å². The Morgan fingerprint density at radius 2 is 1.62 bits per heavy atom. The van der Waals surface area contributed by atoms with Gasteiger partial charge in [-0.2, -0.15) is 0 Å². The Kier molecular flexibility index (Phi) is 4.83. The number of amides is 1. The summed E-state index contributed by atoms with van der Waals surface area (Å²) >= 11 is 11.8. The molecule has 0 aliphatic carbocycles. The van der Waals surface area contributed by atoms with Crippen LogP contribution in [0, 0.1) is 0 Å². The topological polar surface area (TPSA) is 55.4 Å². The number of hydrogen-bond donors (Lipinski definition) is 1. The first-order chi connectivity index (χ1) is 10.0. The maximum absolute atomic E-state index is 12.1. The number of rotatable bonds is 3. The van der Waals surface area contributed by atoms with Crippen molar-refractivity contribution in [2.24, 2.45) is 0 Å². The van der Waals surface area contributed by atoms with E-state index in [1.807, 2.05) is 0 Å². The highest BCUT2D eigenvalue weighted by molar-refractivity contribution is 6.34. The first-order valence-corrected chi connectivity index (χ1v) is 6.71. The molecule has 0 heterocycles. The fraction of sp³-hybridized carbons (Fsp3) is 0.0667. The van der Waals surface area contributed by atoms with Gasteiger partial charge in [0, 0.05) is 10.6 Å². The predicted octanol–water partition coefficient (Wildman–Crippen LogP) is 4.03. The molecule has 0 saturated heterocycles. The van der Waals surface area contributed by atoms with Crippen LogP contribution in [0.4, 0.5) is 5.69 Å². The number of anilines is 1. The number of nitrogens with one attached hydrogen (secondary N) is 1. The molecule has 21 heavy (non-hydrogen) atoms. The molecule has 0 spiro atoms. The molecule has 0 aliphatic heterocycles. The predicted molar refractivity (Wildman–Crippen MR) is 82.2 cm³/mol. The molecule has 0 aliphatic rings. The van der Waals surface area contributed by atoms with Gasteiger partial charge in [-0.15, -0.1) is 0 Å². The van der Waals surface area contributed by atoms with Gasteiger partial charge in [-0.3, -0.25) is 4.79 Å². The average Bonchev–Trinajstić information content (AvgIpc) is 2.49. The van der Waals surface area contributed by atoms with Crippen LogP contribution >= 0.6 is 23.2 Å². The Bertz CT molecular complexity index is 684. The first kappa shape index (κ1) is 15.4. The molecular formula is C15H11Cl2NO3. The molecular weight excluding hydrogens is 313 g/mol. The molecule has 2 aromatic carbocycles. The van der Waals surface area contributed by atoms with Crippen molar-refractivity contribution in [3.8, 4) is 0 Å². The first-order valence-electron chi connectivity index (χ1n) is 5.96. The van der Waals surface area contributed by atoms with Crippen LogP contribution in [-0.2, 0) is 4.74 Å². The number of ether oxygens (including phenoxy) is 1. The van der Waals surface area contributed by atoms with Gasteiger partial charge in [0.25, 0.3) is 5.91 Å². The normalized spacial score (nSPS) is 10.0. The van der Waals surface area contributed by atoms with Gasteiger partial charge in [0.1, 0.15) is 0 Å². The second-order valence-corrected chi connectivity index (χ2v) is 4.99. The highest BCUT2D eigenvalue weighted by Crippen LogP contribution is 2.24. The van der Waals surface area contributed by atoms with Gasteiger partial charge in [-0.1, -0.05) is 23.2 Å². The summed E-state index contributed by atoms with van der Waals surface area (Å²) < 4.78 is 4.62. The molecule has 0 bridgehead atoms. The summed E-state index contributed by atoms with van der Waals surface area (Å²) in [6.45, 7) is 0. The van der Waals surface area contributed by atoms with Gasteiger partial charge in [0.15, 0.2) is 0 Å². The van der Waals surface area contributed by atoms with E-state index >= 15 is 0 Å². The highest BCUT2D eigenvalue weighted by atomic mass is 35.5. The zero-order chi connectivity index (χ0) is 15.4.